The maximum atomic E-state index is 14.0. The molecular formula is C24H27FN6O. The predicted molar refractivity (Wildman–Crippen MR) is 122 cm³/mol. The van der Waals surface area contributed by atoms with Gasteiger partial charge in [-0.15, -0.1) is 0 Å². The van der Waals surface area contributed by atoms with Gasteiger partial charge in [-0.05, 0) is 36.7 Å². The van der Waals surface area contributed by atoms with Crippen molar-refractivity contribution in [2.24, 2.45) is 0 Å². The van der Waals surface area contributed by atoms with Gasteiger partial charge < -0.3 is 19.8 Å². The molecule has 0 radical (unpaired) electrons. The number of rotatable bonds is 4. The number of fused-ring (bicyclic) bond motifs is 1. The first-order valence-corrected chi connectivity index (χ1v) is 11.0. The van der Waals surface area contributed by atoms with E-state index in [2.05, 4.69) is 29.0 Å². The maximum absolute atomic E-state index is 14.0. The highest BCUT2D eigenvalue weighted by Gasteiger charge is 2.29. The summed E-state index contributed by atoms with van der Waals surface area (Å²) in [6, 6.07) is 14.5. The van der Waals surface area contributed by atoms with Crippen molar-refractivity contribution in [2.45, 2.75) is 19.0 Å². The Balaban J connectivity index is 1.57. The summed E-state index contributed by atoms with van der Waals surface area (Å²) in [7, 11) is 2.10. The molecule has 0 bridgehead atoms. The number of benzene rings is 2. The second-order valence-corrected chi connectivity index (χ2v) is 8.50. The molecule has 3 heterocycles. The summed E-state index contributed by atoms with van der Waals surface area (Å²) >= 11 is 0. The second-order valence-electron chi connectivity index (χ2n) is 8.50. The van der Waals surface area contributed by atoms with Crippen LogP contribution in [0.5, 0.6) is 0 Å². The standard InChI is InChI=1S/C24H27FN6O/c1-29-9-11-30(12-10-29)23-26-22(18-7-4-8-20(25)13-18)27-24(28-23)31-15-19-6-3-2-5-17(19)14-21(31)16-32/h2-8,13,21,32H,9-12,14-16H2,1H3. The molecule has 1 unspecified atom stereocenters. The number of nitrogens with zero attached hydrogens (tertiary/aromatic N) is 6. The number of aromatic nitrogens is 3. The fraction of sp³-hybridized carbons (Fsp3) is 0.375. The molecule has 1 saturated heterocycles. The van der Waals surface area contributed by atoms with Gasteiger partial charge in [0.2, 0.25) is 11.9 Å². The smallest absolute Gasteiger partial charge is 0.231 e. The summed E-state index contributed by atoms with van der Waals surface area (Å²) in [4.78, 5) is 20.8. The molecule has 5 rings (SSSR count). The molecule has 1 N–H and O–H groups in total. The number of piperazine rings is 1. The Morgan fingerprint density at radius 2 is 1.69 bits per heavy atom. The van der Waals surface area contributed by atoms with Crippen LogP contribution in [-0.4, -0.2) is 70.8 Å². The third-order valence-corrected chi connectivity index (χ3v) is 6.30. The molecule has 0 amide bonds. The van der Waals surface area contributed by atoms with E-state index in [9.17, 15) is 9.50 Å². The summed E-state index contributed by atoms with van der Waals surface area (Å²) in [5.41, 5.74) is 3.05. The summed E-state index contributed by atoms with van der Waals surface area (Å²) < 4.78 is 14.0. The van der Waals surface area contributed by atoms with Crippen LogP contribution in [0.25, 0.3) is 11.4 Å². The molecule has 2 aromatic carbocycles. The van der Waals surface area contributed by atoms with Crippen molar-refractivity contribution in [1.82, 2.24) is 19.9 Å². The predicted octanol–water partition coefficient (Wildman–Crippen LogP) is 2.35. The zero-order valence-electron chi connectivity index (χ0n) is 18.2. The van der Waals surface area contributed by atoms with Gasteiger partial charge >= 0.3 is 0 Å². The van der Waals surface area contributed by atoms with E-state index in [0.717, 1.165) is 32.6 Å². The summed E-state index contributed by atoms with van der Waals surface area (Å²) in [6.45, 7) is 4.08. The van der Waals surface area contributed by atoms with Gasteiger partial charge in [-0.3, -0.25) is 0 Å². The number of aliphatic hydroxyl groups excluding tert-OH is 1. The molecule has 2 aliphatic heterocycles. The first kappa shape index (κ1) is 20.8. The van der Waals surface area contributed by atoms with Crippen LogP contribution < -0.4 is 9.80 Å². The van der Waals surface area contributed by atoms with Crippen LogP contribution in [0.1, 0.15) is 11.1 Å². The first-order valence-electron chi connectivity index (χ1n) is 11.0. The Morgan fingerprint density at radius 3 is 2.44 bits per heavy atom. The van der Waals surface area contributed by atoms with Crippen LogP contribution in [0.3, 0.4) is 0 Å². The molecule has 0 aliphatic carbocycles. The molecule has 1 atom stereocenters. The van der Waals surface area contributed by atoms with Gasteiger partial charge in [0.25, 0.3) is 0 Å². The van der Waals surface area contributed by atoms with E-state index in [1.807, 2.05) is 23.1 Å². The lowest BCUT2D eigenvalue weighted by atomic mass is 9.94. The van der Waals surface area contributed by atoms with Crippen molar-refractivity contribution in [3.8, 4) is 11.4 Å². The summed E-state index contributed by atoms with van der Waals surface area (Å²) in [5, 5.41) is 10.1. The van der Waals surface area contributed by atoms with Gasteiger partial charge in [0.1, 0.15) is 5.82 Å². The van der Waals surface area contributed by atoms with E-state index in [0.29, 0.717) is 29.8 Å². The fourth-order valence-corrected chi connectivity index (χ4v) is 4.37. The van der Waals surface area contributed by atoms with Crippen molar-refractivity contribution in [3.63, 3.8) is 0 Å². The maximum Gasteiger partial charge on any atom is 0.231 e. The Bertz CT molecular complexity index is 1100. The Morgan fingerprint density at radius 1 is 0.938 bits per heavy atom. The molecule has 7 nitrogen and oxygen atoms in total. The monoisotopic (exact) mass is 434 g/mol. The molecule has 32 heavy (non-hydrogen) atoms. The van der Waals surface area contributed by atoms with E-state index < -0.39 is 0 Å². The fourth-order valence-electron chi connectivity index (χ4n) is 4.37. The van der Waals surface area contributed by atoms with Crippen LogP contribution in [0, 0.1) is 5.82 Å². The van der Waals surface area contributed by atoms with Crippen molar-refractivity contribution < 1.29 is 9.50 Å². The van der Waals surface area contributed by atoms with E-state index in [1.54, 1.807) is 6.07 Å². The molecular weight excluding hydrogens is 407 g/mol. The highest BCUT2D eigenvalue weighted by molar-refractivity contribution is 5.59. The van der Waals surface area contributed by atoms with Crippen molar-refractivity contribution >= 4 is 11.9 Å². The number of halogens is 1. The molecule has 8 heteroatoms. The first-order chi connectivity index (χ1) is 15.6. The zero-order valence-corrected chi connectivity index (χ0v) is 18.2. The van der Waals surface area contributed by atoms with Crippen LogP contribution in [0.4, 0.5) is 16.3 Å². The van der Waals surface area contributed by atoms with Crippen LogP contribution >= 0.6 is 0 Å². The minimum atomic E-state index is -0.328. The lowest BCUT2D eigenvalue weighted by Gasteiger charge is -2.37. The number of aliphatic hydroxyl groups is 1. The third-order valence-electron chi connectivity index (χ3n) is 6.30. The van der Waals surface area contributed by atoms with Crippen molar-refractivity contribution in [3.05, 3.63) is 65.5 Å². The van der Waals surface area contributed by atoms with Gasteiger partial charge in [-0.25, -0.2) is 4.39 Å². The normalized spacial score (nSPS) is 19.2. The quantitative estimate of drug-likeness (QED) is 0.676. The van der Waals surface area contributed by atoms with Crippen LogP contribution in [-0.2, 0) is 13.0 Å². The van der Waals surface area contributed by atoms with Gasteiger partial charge in [0.15, 0.2) is 5.82 Å². The second kappa shape index (κ2) is 8.80. The molecule has 3 aromatic rings. The molecule has 2 aliphatic rings. The van der Waals surface area contributed by atoms with E-state index in [-0.39, 0.29) is 18.5 Å². The number of likely N-dealkylation sites (N-methyl/N-ethyl adjacent to an activating group) is 1. The molecule has 1 fully saturated rings. The topological polar surface area (TPSA) is 68.6 Å². The van der Waals surface area contributed by atoms with Gasteiger partial charge in [0.05, 0.1) is 12.6 Å². The summed E-state index contributed by atoms with van der Waals surface area (Å²) in [6.07, 6.45) is 0.720. The van der Waals surface area contributed by atoms with Crippen LogP contribution in [0.15, 0.2) is 48.5 Å². The van der Waals surface area contributed by atoms with Gasteiger partial charge in [-0.1, -0.05) is 36.4 Å². The lowest BCUT2D eigenvalue weighted by molar-refractivity contribution is 0.252. The molecule has 0 spiro atoms. The highest BCUT2D eigenvalue weighted by Crippen LogP contribution is 2.29. The van der Waals surface area contributed by atoms with Gasteiger partial charge in [-0.2, -0.15) is 15.0 Å². The van der Waals surface area contributed by atoms with E-state index in [4.69, 9.17) is 15.0 Å². The minimum absolute atomic E-state index is 0.000835. The largest absolute Gasteiger partial charge is 0.394 e. The van der Waals surface area contributed by atoms with E-state index >= 15 is 0 Å². The molecule has 1 aromatic heterocycles. The van der Waals surface area contributed by atoms with Crippen molar-refractivity contribution in [1.29, 1.82) is 0 Å². The van der Waals surface area contributed by atoms with Crippen molar-refractivity contribution in [2.75, 3.05) is 49.6 Å². The Hall–Kier alpha value is -3.10. The number of hydrogen-bond donors (Lipinski definition) is 1. The van der Waals surface area contributed by atoms with E-state index in [1.165, 1.54) is 23.3 Å². The average Bonchev–Trinajstić information content (AvgIpc) is 2.83. The zero-order chi connectivity index (χ0) is 22.1. The summed E-state index contributed by atoms with van der Waals surface area (Å²) in [5.74, 6) is 1.23. The minimum Gasteiger partial charge on any atom is -0.394 e. The number of anilines is 2. The highest BCUT2D eigenvalue weighted by atomic mass is 19.1. The Kier molecular flexibility index (Phi) is 5.71. The SMILES string of the molecule is CN1CCN(c2nc(-c3cccc(F)c3)nc(N3Cc4ccccc4CC3CO)n2)CC1. The average molecular weight is 435 g/mol. The molecule has 0 saturated carbocycles. The van der Waals surface area contributed by atoms with Crippen LogP contribution in [0.2, 0.25) is 0 Å². The number of hydrogen-bond acceptors (Lipinski definition) is 7. The molecule has 166 valence electrons. The Labute approximate surface area is 187 Å². The third kappa shape index (κ3) is 4.16. The lowest BCUT2D eigenvalue weighted by Crippen LogP contribution is -2.46. The van der Waals surface area contributed by atoms with Gasteiger partial charge in [0, 0.05) is 38.3 Å².